The normalized spacial score (nSPS) is 19.9. The quantitative estimate of drug-likeness (QED) is 0.576. The number of nitrogens with zero attached hydrogens (tertiary/aromatic N) is 2. The van der Waals surface area contributed by atoms with Crippen LogP contribution in [0.3, 0.4) is 0 Å². The number of aliphatic hydroxyl groups excluding tert-OH is 1. The van der Waals surface area contributed by atoms with E-state index in [4.69, 9.17) is 10.2 Å². The summed E-state index contributed by atoms with van der Waals surface area (Å²) in [4.78, 5) is 31.3. The fourth-order valence-electron chi connectivity index (χ4n) is 2.22. The molecule has 110 valence electrons. The molecule has 4 N–H and O–H groups in total. The summed E-state index contributed by atoms with van der Waals surface area (Å²) in [6.45, 7) is 1.03. The molecule has 1 aliphatic heterocycles. The van der Waals surface area contributed by atoms with E-state index in [1.54, 1.807) is 0 Å². The maximum atomic E-state index is 12.0. The molecule has 0 aliphatic carbocycles. The summed E-state index contributed by atoms with van der Waals surface area (Å²) in [5, 5.41) is 20.7. The van der Waals surface area contributed by atoms with Crippen LogP contribution >= 0.6 is 0 Å². The van der Waals surface area contributed by atoms with E-state index in [0.29, 0.717) is 18.8 Å². The highest BCUT2D eigenvalue weighted by molar-refractivity contribution is 5.82. The molecule has 1 aromatic heterocycles. The van der Waals surface area contributed by atoms with Crippen LogP contribution in [0.1, 0.15) is 12.1 Å². The highest BCUT2D eigenvalue weighted by atomic mass is 16.4. The number of aliphatic hydroxyl groups is 1. The number of urea groups is 1. The maximum absolute atomic E-state index is 12.0. The van der Waals surface area contributed by atoms with E-state index in [9.17, 15) is 9.59 Å². The minimum Gasteiger partial charge on any atom is -0.480 e. The lowest BCUT2D eigenvalue weighted by atomic mass is 10.1. The predicted molar refractivity (Wildman–Crippen MR) is 69.0 cm³/mol. The molecule has 0 bridgehead atoms. The van der Waals surface area contributed by atoms with E-state index >= 15 is 0 Å². The largest absolute Gasteiger partial charge is 0.480 e. The number of likely N-dealkylation sites (tertiary alicyclic amines) is 1. The van der Waals surface area contributed by atoms with Gasteiger partial charge in [0, 0.05) is 43.9 Å². The van der Waals surface area contributed by atoms with Crippen molar-refractivity contribution in [2.45, 2.75) is 18.9 Å². The molecule has 2 heterocycles. The van der Waals surface area contributed by atoms with Gasteiger partial charge in [-0.2, -0.15) is 0 Å². The van der Waals surface area contributed by atoms with Crippen LogP contribution in [0.25, 0.3) is 0 Å². The Hall–Kier alpha value is -2.09. The number of aliphatic carboxylic acids is 1. The number of amides is 2. The van der Waals surface area contributed by atoms with Gasteiger partial charge in [0.25, 0.3) is 0 Å². The fraction of sp³-hybridized carbons (Fsp3) is 0.583. The molecule has 0 aromatic carbocycles. The number of carboxylic acid groups (broad SMARTS) is 1. The van der Waals surface area contributed by atoms with Gasteiger partial charge in [-0.3, -0.25) is 0 Å². The number of aromatic nitrogens is 2. The molecule has 1 aromatic rings. The molecule has 1 aliphatic rings. The van der Waals surface area contributed by atoms with Gasteiger partial charge < -0.3 is 25.4 Å². The SMILES string of the molecule is O=C(O)C(Cc1cnc[nH]1)NC(=O)N1CCC(CO)C1. The topological polar surface area (TPSA) is 119 Å². The lowest BCUT2D eigenvalue weighted by Crippen LogP contribution is -2.48. The van der Waals surface area contributed by atoms with Gasteiger partial charge in [0.15, 0.2) is 0 Å². The Kier molecular flexibility index (Phi) is 4.57. The molecule has 8 nitrogen and oxygen atoms in total. The molecule has 0 saturated carbocycles. The molecule has 2 amide bonds. The molecule has 0 radical (unpaired) electrons. The van der Waals surface area contributed by atoms with Crippen molar-refractivity contribution in [1.82, 2.24) is 20.2 Å². The summed E-state index contributed by atoms with van der Waals surface area (Å²) < 4.78 is 0. The Morgan fingerprint density at radius 2 is 2.40 bits per heavy atom. The van der Waals surface area contributed by atoms with Gasteiger partial charge in [0.2, 0.25) is 0 Å². The van der Waals surface area contributed by atoms with E-state index in [0.717, 1.165) is 6.42 Å². The summed E-state index contributed by atoms with van der Waals surface area (Å²) in [5.41, 5.74) is 0.646. The zero-order chi connectivity index (χ0) is 14.5. The molecule has 8 heteroatoms. The van der Waals surface area contributed by atoms with Gasteiger partial charge in [-0.05, 0) is 6.42 Å². The molecule has 2 atom stereocenters. The second kappa shape index (κ2) is 6.38. The first-order valence-corrected chi connectivity index (χ1v) is 6.46. The molecule has 1 saturated heterocycles. The monoisotopic (exact) mass is 282 g/mol. The van der Waals surface area contributed by atoms with Gasteiger partial charge in [-0.25, -0.2) is 14.6 Å². The Balaban J connectivity index is 1.91. The summed E-state index contributed by atoms with van der Waals surface area (Å²) >= 11 is 0. The number of H-pyrrole nitrogens is 1. The van der Waals surface area contributed by atoms with E-state index < -0.39 is 18.0 Å². The van der Waals surface area contributed by atoms with Crippen LogP contribution in [0.15, 0.2) is 12.5 Å². The number of carboxylic acids is 1. The third-order valence-corrected chi connectivity index (χ3v) is 3.41. The van der Waals surface area contributed by atoms with Crippen molar-refractivity contribution in [3.63, 3.8) is 0 Å². The summed E-state index contributed by atoms with van der Waals surface area (Å²) in [6.07, 6.45) is 3.88. The molecular weight excluding hydrogens is 264 g/mol. The van der Waals surface area contributed by atoms with Crippen LogP contribution in [0.2, 0.25) is 0 Å². The van der Waals surface area contributed by atoms with Gasteiger partial charge >= 0.3 is 12.0 Å². The summed E-state index contributed by atoms with van der Waals surface area (Å²) in [5.74, 6) is -1.01. The van der Waals surface area contributed by atoms with Crippen LogP contribution in [-0.4, -0.2) is 62.8 Å². The van der Waals surface area contributed by atoms with E-state index in [-0.39, 0.29) is 18.9 Å². The van der Waals surface area contributed by atoms with Crippen molar-refractivity contribution >= 4 is 12.0 Å². The number of rotatable bonds is 5. The Morgan fingerprint density at radius 1 is 1.60 bits per heavy atom. The first-order chi connectivity index (χ1) is 9.60. The van der Waals surface area contributed by atoms with Crippen LogP contribution in [0, 0.1) is 5.92 Å². The Bertz CT molecular complexity index is 462. The first-order valence-electron chi connectivity index (χ1n) is 6.46. The summed E-state index contributed by atoms with van der Waals surface area (Å²) in [7, 11) is 0. The van der Waals surface area contributed by atoms with Crippen LogP contribution in [-0.2, 0) is 11.2 Å². The zero-order valence-electron chi connectivity index (χ0n) is 11.0. The molecule has 0 spiro atoms. The Labute approximate surface area is 115 Å². The molecule has 2 rings (SSSR count). The zero-order valence-corrected chi connectivity index (χ0v) is 11.0. The van der Waals surface area contributed by atoms with Gasteiger partial charge in [-0.1, -0.05) is 0 Å². The minimum atomic E-state index is -1.09. The average Bonchev–Trinajstić information content (AvgIpc) is 3.08. The van der Waals surface area contributed by atoms with Gasteiger partial charge in [-0.15, -0.1) is 0 Å². The second-order valence-corrected chi connectivity index (χ2v) is 4.90. The number of nitrogens with one attached hydrogen (secondary N) is 2. The van der Waals surface area contributed by atoms with Crippen molar-refractivity contribution < 1.29 is 19.8 Å². The molecule has 20 heavy (non-hydrogen) atoms. The third kappa shape index (κ3) is 3.47. The number of carbonyl (C=O) groups excluding carboxylic acids is 1. The van der Waals surface area contributed by atoms with Crippen molar-refractivity contribution in [2.75, 3.05) is 19.7 Å². The average molecular weight is 282 g/mol. The number of carbonyl (C=O) groups is 2. The van der Waals surface area contributed by atoms with Crippen molar-refractivity contribution in [1.29, 1.82) is 0 Å². The van der Waals surface area contributed by atoms with Gasteiger partial charge in [0.1, 0.15) is 6.04 Å². The maximum Gasteiger partial charge on any atom is 0.326 e. The van der Waals surface area contributed by atoms with Crippen LogP contribution in [0.4, 0.5) is 4.79 Å². The minimum absolute atomic E-state index is 0.0419. The highest BCUT2D eigenvalue weighted by Gasteiger charge is 2.29. The van der Waals surface area contributed by atoms with E-state index in [1.165, 1.54) is 17.4 Å². The number of hydrogen-bond acceptors (Lipinski definition) is 4. The molecular formula is C12H18N4O4. The Morgan fingerprint density at radius 3 is 2.95 bits per heavy atom. The first kappa shape index (κ1) is 14.3. The lowest BCUT2D eigenvalue weighted by Gasteiger charge is -2.20. The number of imidazole rings is 1. The molecule has 2 unspecified atom stereocenters. The number of hydrogen-bond donors (Lipinski definition) is 4. The lowest BCUT2D eigenvalue weighted by molar-refractivity contribution is -0.139. The van der Waals surface area contributed by atoms with Crippen LogP contribution < -0.4 is 5.32 Å². The fourth-order valence-corrected chi connectivity index (χ4v) is 2.22. The van der Waals surface area contributed by atoms with Gasteiger partial charge in [0.05, 0.1) is 6.33 Å². The van der Waals surface area contributed by atoms with Crippen molar-refractivity contribution in [3.05, 3.63) is 18.2 Å². The second-order valence-electron chi connectivity index (χ2n) is 4.90. The van der Waals surface area contributed by atoms with Crippen LogP contribution in [0.5, 0.6) is 0 Å². The van der Waals surface area contributed by atoms with Crippen molar-refractivity contribution in [2.24, 2.45) is 5.92 Å². The standard InChI is InChI=1S/C12H18N4O4/c17-6-8-1-2-16(5-8)12(20)15-10(11(18)19)3-9-4-13-7-14-9/h4,7-8,10,17H,1-3,5-6H2,(H,13,14)(H,15,20)(H,18,19). The summed E-state index contributed by atoms with van der Waals surface area (Å²) in [6, 6.07) is -1.41. The van der Waals surface area contributed by atoms with Crippen molar-refractivity contribution in [3.8, 4) is 0 Å². The third-order valence-electron chi connectivity index (χ3n) is 3.41. The van der Waals surface area contributed by atoms with E-state index in [1.807, 2.05) is 0 Å². The predicted octanol–water partition coefficient (Wildman–Crippen LogP) is -0.571. The van der Waals surface area contributed by atoms with E-state index in [2.05, 4.69) is 15.3 Å². The smallest absolute Gasteiger partial charge is 0.326 e. The number of aromatic amines is 1. The highest BCUT2D eigenvalue weighted by Crippen LogP contribution is 2.15. The molecule has 1 fully saturated rings.